The Bertz CT molecular complexity index is 730. The lowest BCUT2D eigenvalue weighted by Crippen LogP contribution is -2.22. The maximum absolute atomic E-state index is 12.1. The van der Waals surface area contributed by atoms with E-state index in [-0.39, 0.29) is 12.5 Å². The Hall–Kier alpha value is -2.62. The van der Waals surface area contributed by atoms with Crippen LogP contribution in [0.25, 0.3) is 0 Å². The van der Waals surface area contributed by atoms with Crippen molar-refractivity contribution < 1.29 is 14.3 Å². The van der Waals surface area contributed by atoms with Crippen molar-refractivity contribution in [2.45, 2.75) is 27.7 Å². The van der Waals surface area contributed by atoms with Crippen molar-refractivity contribution in [3.8, 4) is 0 Å². The van der Waals surface area contributed by atoms with Gasteiger partial charge in [0.15, 0.2) is 6.61 Å². The lowest BCUT2D eigenvalue weighted by Gasteiger charge is -2.12. The van der Waals surface area contributed by atoms with Gasteiger partial charge in [-0.15, -0.1) is 0 Å². The fraction of sp³-hybridized carbons (Fsp3) is 0.263. The topological polar surface area (TPSA) is 55.4 Å². The normalized spacial score (nSPS) is 10.3. The van der Waals surface area contributed by atoms with Crippen LogP contribution < -0.4 is 5.32 Å². The minimum absolute atomic E-state index is 0.306. The molecule has 2 aromatic rings. The summed E-state index contributed by atoms with van der Waals surface area (Å²) in [6.07, 6.45) is 0. The maximum Gasteiger partial charge on any atom is 0.338 e. The molecule has 0 saturated heterocycles. The summed E-state index contributed by atoms with van der Waals surface area (Å²) >= 11 is 0. The predicted molar refractivity (Wildman–Crippen MR) is 90.7 cm³/mol. The first-order chi connectivity index (χ1) is 10.9. The second-order valence-electron chi connectivity index (χ2n) is 5.64. The highest BCUT2D eigenvalue weighted by molar-refractivity contribution is 5.97. The van der Waals surface area contributed by atoms with Crippen LogP contribution >= 0.6 is 0 Å². The van der Waals surface area contributed by atoms with Crippen LogP contribution in [0.1, 0.15) is 32.6 Å². The summed E-state index contributed by atoms with van der Waals surface area (Å²) in [4.78, 5) is 24.1. The molecule has 0 bridgehead atoms. The van der Waals surface area contributed by atoms with E-state index in [1.807, 2.05) is 52.0 Å². The molecule has 0 unspecified atom stereocenters. The van der Waals surface area contributed by atoms with E-state index in [0.29, 0.717) is 5.56 Å². The highest BCUT2D eigenvalue weighted by atomic mass is 16.5. The van der Waals surface area contributed by atoms with Crippen molar-refractivity contribution >= 4 is 17.6 Å². The molecule has 23 heavy (non-hydrogen) atoms. The Morgan fingerprint density at radius 1 is 0.913 bits per heavy atom. The number of carbonyl (C=O) groups is 2. The minimum Gasteiger partial charge on any atom is -0.452 e. The molecule has 120 valence electrons. The van der Waals surface area contributed by atoms with Gasteiger partial charge >= 0.3 is 5.97 Å². The molecule has 0 heterocycles. The van der Waals surface area contributed by atoms with Gasteiger partial charge in [0, 0.05) is 5.69 Å². The predicted octanol–water partition coefficient (Wildman–Crippen LogP) is 3.72. The first-order valence-corrected chi connectivity index (χ1v) is 7.49. The van der Waals surface area contributed by atoms with Gasteiger partial charge in [0.25, 0.3) is 5.91 Å². The number of hydrogen-bond donors (Lipinski definition) is 1. The average Bonchev–Trinajstić information content (AvgIpc) is 2.51. The van der Waals surface area contributed by atoms with E-state index in [1.54, 1.807) is 12.1 Å². The van der Waals surface area contributed by atoms with E-state index in [4.69, 9.17) is 4.74 Å². The molecule has 0 fully saturated rings. The molecule has 0 aliphatic heterocycles. The Morgan fingerprint density at radius 3 is 2.13 bits per heavy atom. The minimum atomic E-state index is -0.483. The molecule has 0 saturated carbocycles. The molecule has 0 aliphatic carbocycles. The van der Waals surface area contributed by atoms with Crippen molar-refractivity contribution in [3.05, 3.63) is 64.2 Å². The second kappa shape index (κ2) is 7.09. The number of hydrogen-bond acceptors (Lipinski definition) is 3. The van der Waals surface area contributed by atoms with Gasteiger partial charge in [-0.25, -0.2) is 4.79 Å². The van der Waals surface area contributed by atoms with Crippen LogP contribution in [0.2, 0.25) is 0 Å². The summed E-state index contributed by atoms with van der Waals surface area (Å²) in [6.45, 7) is 7.33. The third-order valence-electron chi connectivity index (χ3n) is 3.90. The Labute approximate surface area is 136 Å². The van der Waals surface area contributed by atoms with Gasteiger partial charge in [0.05, 0.1) is 5.56 Å². The molecule has 4 nitrogen and oxygen atoms in total. The third kappa shape index (κ3) is 3.97. The van der Waals surface area contributed by atoms with Crippen LogP contribution in [0.4, 0.5) is 5.69 Å². The largest absolute Gasteiger partial charge is 0.452 e. The first kappa shape index (κ1) is 16.7. The quantitative estimate of drug-likeness (QED) is 0.876. The van der Waals surface area contributed by atoms with E-state index in [2.05, 4.69) is 5.32 Å². The second-order valence-corrected chi connectivity index (χ2v) is 5.64. The van der Waals surface area contributed by atoms with E-state index < -0.39 is 5.97 Å². The standard InChI is InChI=1S/C19H21NO3/c1-12-7-6-10-16(15(12)4)19(22)23-11-17(21)20-18-13(2)8-5-9-14(18)3/h5-10H,11H2,1-4H3,(H,20,21). The number of carbonyl (C=O) groups excluding carboxylic acids is 2. The summed E-state index contributed by atoms with van der Waals surface area (Å²) < 4.78 is 5.13. The number of aryl methyl sites for hydroxylation is 3. The van der Waals surface area contributed by atoms with Crippen molar-refractivity contribution in [3.63, 3.8) is 0 Å². The molecule has 1 amide bonds. The molecule has 1 N–H and O–H groups in total. The Morgan fingerprint density at radius 2 is 1.48 bits per heavy atom. The highest BCUT2D eigenvalue weighted by Gasteiger charge is 2.14. The van der Waals surface area contributed by atoms with Crippen LogP contribution in [-0.2, 0) is 9.53 Å². The van der Waals surface area contributed by atoms with Gasteiger partial charge in [0.1, 0.15) is 0 Å². The fourth-order valence-electron chi connectivity index (χ4n) is 2.37. The molecule has 4 heteroatoms. The number of esters is 1. The molecule has 0 spiro atoms. The van der Waals surface area contributed by atoms with Crippen LogP contribution in [-0.4, -0.2) is 18.5 Å². The van der Waals surface area contributed by atoms with Gasteiger partial charge in [-0.2, -0.15) is 0 Å². The van der Waals surface area contributed by atoms with Crippen molar-refractivity contribution in [1.82, 2.24) is 0 Å². The van der Waals surface area contributed by atoms with Crippen LogP contribution in [0, 0.1) is 27.7 Å². The molecular formula is C19H21NO3. The SMILES string of the molecule is Cc1cccc(C(=O)OCC(=O)Nc2c(C)cccc2C)c1C. The van der Waals surface area contributed by atoms with Gasteiger partial charge in [-0.05, 0) is 56.0 Å². The number of benzene rings is 2. The monoisotopic (exact) mass is 311 g/mol. The number of para-hydroxylation sites is 1. The fourth-order valence-corrected chi connectivity index (χ4v) is 2.37. The lowest BCUT2D eigenvalue weighted by molar-refractivity contribution is -0.119. The van der Waals surface area contributed by atoms with Crippen molar-refractivity contribution in [1.29, 1.82) is 0 Å². The molecular weight excluding hydrogens is 290 g/mol. The van der Waals surface area contributed by atoms with E-state index in [9.17, 15) is 9.59 Å². The van der Waals surface area contributed by atoms with Gasteiger partial charge in [-0.3, -0.25) is 4.79 Å². The molecule has 0 aliphatic rings. The first-order valence-electron chi connectivity index (χ1n) is 7.49. The van der Waals surface area contributed by atoms with Crippen LogP contribution in [0.15, 0.2) is 36.4 Å². The average molecular weight is 311 g/mol. The molecule has 2 rings (SSSR count). The molecule has 0 radical (unpaired) electrons. The molecule has 0 atom stereocenters. The molecule has 0 aromatic heterocycles. The Balaban J connectivity index is 1.99. The number of rotatable bonds is 4. The highest BCUT2D eigenvalue weighted by Crippen LogP contribution is 2.19. The summed E-state index contributed by atoms with van der Waals surface area (Å²) in [5, 5.41) is 2.80. The zero-order valence-electron chi connectivity index (χ0n) is 13.9. The van der Waals surface area contributed by atoms with Crippen molar-refractivity contribution in [2.24, 2.45) is 0 Å². The van der Waals surface area contributed by atoms with Gasteiger partial charge < -0.3 is 10.1 Å². The van der Waals surface area contributed by atoms with Crippen LogP contribution in [0.3, 0.4) is 0 Å². The summed E-state index contributed by atoms with van der Waals surface area (Å²) in [6, 6.07) is 11.2. The van der Waals surface area contributed by atoms with Crippen molar-refractivity contribution in [2.75, 3.05) is 11.9 Å². The van der Waals surface area contributed by atoms with E-state index >= 15 is 0 Å². The summed E-state index contributed by atoms with van der Waals surface area (Å²) in [5.74, 6) is -0.830. The zero-order valence-corrected chi connectivity index (χ0v) is 13.9. The maximum atomic E-state index is 12.1. The number of ether oxygens (including phenoxy) is 1. The summed E-state index contributed by atoms with van der Waals surface area (Å²) in [5.41, 5.74) is 5.08. The number of nitrogens with one attached hydrogen (secondary N) is 1. The number of anilines is 1. The van der Waals surface area contributed by atoms with E-state index in [0.717, 1.165) is 27.9 Å². The number of amides is 1. The molecule has 2 aromatic carbocycles. The lowest BCUT2D eigenvalue weighted by atomic mass is 10.0. The van der Waals surface area contributed by atoms with Gasteiger partial charge in [0.2, 0.25) is 0 Å². The zero-order chi connectivity index (χ0) is 17.0. The summed E-state index contributed by atoms with van der Waals surface area (Å²) in [7, 11) is 0. The smallest absolute Gasteiger partial charge is 0.338 e. The van der Waals surface area contributed by atoms with E-state index in [1.165, 1.54) is 0 Å². The van der Waals surface area contributed by atoms with Crippen LogP contribution in [0.5, 0.6) is 0 Å². The Kier molecular flexibility index (Phi) is 5.16. The third-order valence-corrected chi connectivity index (χ3v) is 3.90. The van der Waals surface area contributed by atoms with Gasteiger partial charge in [-0.1, -0.05) is 30.3 Å².